The Bertz CT molecular complexity index is 316. The van der Waals surface area contributed by atoms with Gasteiger partial charge in [-0.1, -0.05) is 13.8 Å². The lowest BCUT2D eigenvalue weighted by Gasteiger charge is -2.46. The van der Waals surface area contributed by atoms with Crippen molar-refractivity contribution in [2.45, 2.75) is 26.9 Å². The van der Waals surface area contributed by atoms with Crippen molar-refractivity contribution in [2.75, 3.05) is 18.0 Å². The van der Waals surface area contributed by atoms with Crippen LogP contribution in [0, 0.1) is 5.41 Å². The topological polar surface area (TPSA) is 49.5 Å². The highest BCUT2D eigenvalue weighted by atomic mass is 16.4. The van der Waals surface area contributed by atoms with Gasteiger partial charge in [-0.15, -0.1) is 0 Å². The molecule has 1 aliphatic rings. The van der Waals surface area contributed by atoms with Crippen LogP contribution >= 0.6 is 0 Å². The standard InChI is InChI=1S/C10H16N2O2/c1-3-10(2)6-12(7-10)9-11-8(4-13)5-14-9/h5,13H,3-4,6-7H2,1-2H3. The maximum atomic E-state index is 8.83. The Balaban J connectivity index is 1.99. The lowest BCUT2D eigenvalue weighted by molar-refractivity contribution is 0.221. The van der Waals surface area contributed by atoms with Crippen molar-refractivity contribution in [1.82, 2.24) is 4.98 Å². The number of hydrogen-bond acceptors (Lipinski definition) is 4. The van der Waals surface area contributed by atoms with Crippen molar-refractivity contribution in [1.29, 1.82) is 0 Å². The largest absolute Gasteiger partial charge is 0.432 e. The number of rotatable bonds is 3. The third-order valence-corrected chi connectivity index (χ3v) is 2.97. The molecule has 1 saturated heterocycles. The first-order valence-electron chi connectivity index (χ1n) is 4.97. The Morgan fingerprint density at radius 2 is 2.36 bits per heavy atom. The lowest BCUT2D eigenvalue weighted by atomic mass is 9.80. The molecule has 0 unspecified atom stereocenters. The molecule has 0 aliphatic carbocycles. The molecule has 4 heteroatoms. The zero-order valence-corrected chi connectivity index (χ0v) is 8.66. The molecular formula is C10H16N2O2. The molecule has 2 heterocycles. The third kappa shape index (κ3) is 1.50. The van der Waals surface area contributed by atoms with Gasteiger partial charge in [0.05, 0.1) is 6.61 Å². The predicted molar refractivity (Wildman–Crippen MR) is 53.0 cm³/mol. The number of aliphatic hydroxyl groups excluding tert-OH is 1. The Labute approximate surface area is 83.5 Å². The highest BCUT2D eigenvalue weighted by molar-refractivity contribution is 5.33. The summed E-state index contributed by atoms with van der Waals surface area (Å²) >= 11 is 0. The van der Waals surface area contributed by atoms with E-state index in [1.54, 1.807) is 0 Å². The van der Waals surface area contributed by atoms with E-state index in [2.05, 4.69) is 23.7 Å². The van der Waals surface area contributed by atoms with Crippen LogP contribution in [0.5, 0.6) is 0 Å². The first-order chi connectivity index (χ1) is 6.67. The van der Waals surface area contributed by atoms with E-state index in [0.717, 1.165) is 13.1 Å². The van der Waals surface area contributed by atoms with Crippen molar-refractivity contribution in [3.8, 4) is 0 Å². The van der Waals surface area contributed by atoms with Crippen LogP contribution in [-0.4, -0.2) is 23.2 Å². The number of aliphatic hydroxyl groups is 1. The summed E-state index contributed by atoms with van der Waals surface area (Å²) in [5.41, 5.74) is 1.01. The number of anilines is 1. The van der Waals surface area contributed by atoms with E-state index in [0.29, 0.717) is 17.1 Å². The number of nitrogens with zero attached hydrogens (tertiary/aromatic N) is 2. The zero-order valence-electron chi connectivity index (χ0n) is 8.66. The van der Waals surface area contributed by atoms with Gasteiger partial charge >= 0.3 is 0 Å². The molecule has 2 rings (SSSR count). The lowest BCUT2D eigenvalue weighted by Crippen LogP contribution is -2.54. The number of aromatic nitrogens is 1. The second-order valence-electron chi connectivity index (χ2n) is 4.30. The first-order valence-corrected chi connectivity index (χ1v) is 4.97. The molecule has 1 aromatic rings. The molecular weight excluding hydrogens is 180 g/mol. The Morgan fingerprint density at radius 1 is 1.64 bits per heavy atom. The molecule has 4 nitrogen and oxygen atoms in total. The van der Waals surface area contributed by atoms with Crippen molar-refractivity contribution >= 4 is 6.01 Å². The van der Waals surface area contributed by atoms with Gasteiger partial charge in [-0.25, -0.2) is 0 Å². The summed E-state index contributed by atoms with van der Waals surface area (Å²) < 4.78 is 5.25. The summed E-state index contributed by atoms with van der Waals surface area (Å²) in [7, 11) is 0. The number of hydrogen-bond donors (Lipinski definition) is 1. The molecule has 14 heavy (non-hydrogen) atoms. The summed E-state index contributed by atoms with van der Waals surface area (Å²) in [6, 6.07) is 0.639. The van der Waals surface area contributed by atoms with Crippen LogP contribution in [0.15, 0.2) is 10.7 Å². The fraction of sp³-hybridized carbons (Fsp3) is 0.700. The van der Waals surface area contributed by atoms with E-state index in [-0.39, 0.29) is 6.61 Å². The van der Waals surface area contributed by atoms with E-state index in [1.165, 1.54) is 12.7 Å². The second-order valence-corrected chi connectivity index (χ2v) is 4.30. The summed E-state index contributed by atoms with van der Waals surface area (Å²) in [6.07, 6.45) is 2.69. The van der Waals surface area contributed by atoms with Gasteiger partial charge in [0.2, 0.25) is 0 Å². The summed E-state index contributed by atoms with van der Waals surface area (Å²) in [5, 5.41) is 8.83. The Kier molecular flexibility index (Phi) is 2.23. The minimum atomic E-state index is -0.0532. The van der Waals surface area contributed by atoms with Gasteiger partial charge in [-0.2, -0.15) is 4.98 Å². The second kappa shape index (κ2) is 3.28. The SMILES string of the molecule is CCC1(C)CN(c2nc(CO)co2)C1. The van der Waals surface area contributed by atoms with Gasteiger partial charge in [0.1, 0.15) is 12.0 Å². The van der Waals surface area contributed by atoms with Gasteiger partial charge in [0, 0.05) is 18.5 Å². The summed E-state index contributed by atoms with van der Waals surface area (Å²) in [5.74, 6) is 0. The van der Waals surface area contributed by atoms with Gasteiger partial charge in [-0.05, 0) is 6.42 Å². The molecule has 0 aromatic carbocycles. The maximum Gasteiger partial charge on any atom is 0.297 e. The molecule has 0 bridgehead atoms. The average molecular weight is 196 g/mol. The smallest absolute Gasteiger partial charge is 0.297 e. The first kappa shape index (κ1) is 9.52. The van der Waals surface area contributed by atoms with Crippen LogP contribution < -0.4 is 4.90 Å². The van der Waals surface area contributed by atoms with Gasteiger partial charge in [0.25, 0.3) is 6.01 Å². The summed E-state index contributed by atoms with van der Waals surface area (Å²) in [4.78, 5) is 6.26. The van der Waals surface area contributed by atoms with E-state index in [9.17, 15) is 0 Å². The van der Waals surface area contributed by atoms with Crippen molar-refractivity contribution in [2.24, 2.45) is 5.41 Å². The maximum absolute atomic E-state index is 8.83. The zero-order chi connectivity index (χ0) is 10.2. The van der Waals surface area contributed by atoms with Gasteiger partial charge < -0.3 is 14.4 Å². The van der Waals surface area contributed by atoms with Crippen LogP contribution in [0.2, 0.25) is 0 Å². The third-order valence-electron chi connectivity index (χ3n) is 2.97. The highest BCUT2D eigenvalue weighted by Crippen LogP contribution is 2.35. The van der Waals surface area contributed by atoms with Crippen LogP contribution in [0.3, 0.4) is 0 Å². The Hall–Kier alpha value is -1.03. The van der Waals surface area contributed by atoms with Gasteiger partial charge in [-0.3, -0.25) is 0 Å². The fourth-order valence-corrected chi connectivity index (χ4v) is 1.75. The van der Waals surface area contributed by atoms with Crippen LogP contribution in [0.1, 0.15) is 26.0 Å². The van der Waals surface area contributed by atoms with Crippen LogP contribution in [0.25, 0.3) is 0 Å². The molecule has 78 valence electrons. The predicted octanol–water partition coefficient (Wildman–Crippen LogP) is 1.40. The van der Waals surface area contributed by atoms with E-state index in [4.69, 9.17) is 9.52 Å². The normalized spacial score (nSPS) is 19.5. The molecule has 1 aromatic heterocycles. The van der Waals surface area contributed by atoms with Crippen LogP contribution in [-0.2, 0) is 6.61 Å². The molecule has 1 fully saturated rings. The molecule has 0 saturated carbocycles. The molecule has 0 amide bonds. The van der Waals surface area contributed by atoms with E-state index >= 15 is 0 Å². The van der Waals surface area contributed by atoms with E-state index in [1.807, 2.05) is 0 Å². The molecule has 0 spiro atoms. The molecule has 1 N–H and O–H groups in total. The Morgan fingerprint density at radius 3 is 2.86 bits per heavy atom. The number of oxazole rings is 1. The monoisotopic (exact) mass is 196 g/mol. The minimum Gasteiger partial charge on any atom is -0.432 e. The minimum absolute atomic E-state index is 0.0532. The van der Waals surface area contributed by atoms with Crippen LogP contribution in [0.4, 0.5) is 6.01 Å². The van der Waals surface area contributed by atoms with Crippen molar-refractivity contribution < 1.29 is 9.52 Å². The highest BCUT2D eigenvalue weighted by Gasteiger charge is 2.39. The summed E-state index contributed by atoms with van der Waals surface area (Å²) in [6.45, 7) is 6.40. The molecule has 0 atom stereocenters. The quantitative estimate of drug-likeness (QED) is 0.794. The van der Waals surface area contributed by atoms with Crippen molar-refractivity contribution in [3.05, 3.63) is 12.0 Å². The van der Waals surface area contributed by atoms with Crippen molar-refractivity contribution in [3.63, 3.8) is 0 Å². The molecule has 1 aliphatic heterocycles. The van der Waals surface area contributed by atoms with Gasteiger partial charge in [0.15, 0.2) is 0 Å². The molecule has 0 radical (unpaired) electrons. The fourth-order valence-electron chi connectivity index (χ4n) is 1.75. The van der Waals surface area contributed by atoms with E-state index < -0.39 is 0 Å². The average Bonchev–Trinajstić information content (AvgIpc) is 2.61.